The minimum absolute atomic E-state index is 0.206. The largest absolute Gasteiger partial charge is 0.343 e. The number of halogens is 1. The fourth-order valence-electron chi connectivity index (χ4n) is 2.27. The summed E-state index contributed by atoms with van der Waals surface area (Å²) in [4.78, 5) is 16.1. The minimum atomic E-state index is -0.314. The normalized spacial score (nSPS) is 12.5. The molecule has 0 bridgehead atoms. The summed E-state index contributed by atoms with van der Waals surface area (Å²) in [6, 6.07) is 4.80. The minimum Gasteiger partial charge on any atom is -0.338 e. The number of rotatable bonds is 6. The van der Waals surface area contributed by atoms with Crippen LogP contribution in [0.2, 0.25) is 0 Å². The molecule has 0 amide bonds. The topological polar surface area (TPSA) is 89.6 Å². The molecule has 3 rings (SSSR count). The fourth-order valence-corrected chi connectivity index (χ4v) is 3.18. The number of benzene rings is 1. The molecule has 1 N–H and O–H groups in total. The maximum Gasteiger partial charge on any atom is 0.343 e. The number of hydrogen-bond acceptors (Lipinski definition) is 6. The first kappa shape index (κ1) is 17.4. The van der Waals surface area contributed by atoms with E-state index in [4.69, 9.17) is 4.52 Å². The maximum atomic E-state index is 13.7. The summed E-state index contributed by atoms with van der Waals surface area (Å²) in [5.41, 5.74) is 0.875. The van der Waals surface area contributed by atoms with Crippen LogP contribution in [0, 0.1) is 12.7 Å². The molecular formula is C16H18FN5O2S. The van der Waals surface area contributed by atoms with E-state index in [1.54, 1.807) is 23.6 Å². The molecule has 1 atom stereocenters. The Morgan fingerprint density at radius 2 is 2.24 bits per heavy atom. The summed E-state index contributed by atoms with van der Waals surface area (Å²) in [5, 5.41) is 10.8. The molecule has 0 saturated carbocycles. The van der Waals surface area contributed by atoms with Gasteiger partial charge >= 0.3 is 5.69 Å². The van der Waals surface area contributed by atoms with Gasteiger partial charge in [-0.1, -0.05) is 36.0 Å². The number of aromatic amines is 1. The van der Waals surface area contributed by atoms with Gasteiger partial charge in [-0.3, -0.25) is 4.57 Å². The highest BCUT2D eigenvalue weighted by Gasteiger charge is 2.20. The van der Waals surface area contributed by atoms with Crippen molar-refractivity contribution in [1.82, 2.24) is 24.9 Å². The molecule has 25 heavy (non-hydrogen) atoms. The van der Waals surface area contributed by atoms with Gasteiger partial charge < -0.3 is 4.52 Å². The number of aryl methyl sites for hydroxylation is 1. The second-order valence-corrected chi connectivity index (χ2v) is 6.95. The molecular weight excluding hydrogens is 345 g/mol. The van der Waals surface area contributed by atoms with Gasteiger partial charge in [-0.2, -0.15) is 4.98 Å². The van der Waals surface area contributed by atoms with Crippen molar-refractivity contribution in [2.45, 2.75) is 44.1 Å². The van der Waals surface area contributed by atoms with E-state index >= 15 is 0 Å². The average Bonchev–Trinajstić information content (AvgIpc) is 3.20. The number of H-pyrrole nitrogens is 1. The summed E-state index contributed by atoms with van der Waals surface area (Å²) in [6.45, 7) is 6.15. The molecule has 0 fully saturated rings. The van der Waals surface area contributed by atoms with E-state index in [9.17, 15) is 9.18 Å². The first-order valence-corrected chi connectivity index (χ1v) is 8.79. The van der Waals surface area contributed by atoms with Crippen molar-refractivity contribution in [1.29, 1.82) is 0 Å². The molecule has 9 heteroatoms. The average molecular weight is 363 g/mol. The van der Waals surface area contributed by atoms with Crippen LogP contribution in [0.5, 0.6) is 0 Å². The molecule has 1 aromatic carbocycles. The zero-order chi connectivity index (χ0) is 18.0. The molecule has 0 radical (unpaired) electrons. The molecule has 7 nitrogen and oxygen atoms in total. The molecule has 0 aliphatic rings. The Morgan fingerprint density at radius 1 is 1.44 bits per heavy atom. The van der Waals surface area contributed by atoms with Gasteiger partial charge in [0.25, 0.3) is 0 Å². The first-order chi connectivity index (χ1) is 12.0. The Bertz CT molecular complexity index is 933. The van der Waals surface area contributed by atoms with Crippen molar-refractivity contribution in [2.24, 2.45) is 0 Å². The van der Waals surface area contributed by atoms with Gasteiger partial charge in [0.1, 0.15) is 5.82 Å². The van der Waals surface area contributed by atoms with Crippen LogP contribution in [0.3, 0.4) is 0 Å². The van der Waals surface area contributed by atoms with E-state index in [1.807, 2.05) is 13.8 Å². The summed E-state index contributed by atoms with van der Waals surface area (Å²) >= 11 is 1.35. The SMILES string of the molecule is CCCn1c(S[C@@H](C)c2nc(-c3ccc(C)c(F)c3)no2)n[nH]c1=O. The molecule has 132 valence electrons. The van der Waals surface area contributed by atoms with Gasteiger partial charge in [0.15, 0.2) is 5.16 Å². The smallest absolute Gasteiger partial charge is 0.338 e. The molecule has 0 unspecified atom stereocenters. The van der Waals surface area contributed by atoms with Gasteiger partial charge in [0.05, 0.1) is 5.25 Å². The molecule has 2 heterocycles. The fraction of sp³-hybridized carbons (Fsp3) is 0.375. The number of thioether (sulfide) groups is 1. The lowest BCUT2D eigenvalue weighted by molar-refractivity contribution is 0.380. The Balaban J connectivity index is 1.80. The van der Waals surface area contributed by atoms with Gasteiger partial charge in [-0.15, -0.1) is 5.10 Å². The van der Waals surface area contributed by atoms with E-state index in [1.165, 1.54) is 17.8 Å². The van der Waals surface area contributed by atoms with Crippen LogP contribution in [-0.2, 0) is 6.54 Å². The van der Waals surface area contributed by atoms with Crippen LogP contribution in [-0.4, -0.2) is 24.9 Å². The van der Waals surface area contributed by atoms with E-state index in [2.05, 4.69) is 20.3 Å². The molecule has 3 aromatic rings. The zero-order valence-corrected chi connectivity index (χ0v) is 14.9. The first-order valence-electron chi connectivity index (χ1n) is 7.91. The Morgan fingerprint density at radius 3 is 2.96 bits per heavy atom. The molecule has 2 aromatic heterocycles. The summed E-state index contributed by atoms with van der Waals surface area (Å²) in [5.74, 6) is 0.403. The standard InChI is InChI=1S/C16H18FN5O2S/c1-4-7-22-15(23)19-20-16(22)25-10(3)14-18-13(21-24-14)11-6-5-9(2)12(17)8-11/h5-6,8,10H,4,7H2,1-3H3,(H,19,23)/t10-/m0/s1. The van der Waals surface area contributed by atoms with E-state index in [0.29, 0.717) is 34.5 Å². The summed E-state index contributed by atoms with van der Waals surface area (Å²) in [6.07, 6.45) is 0.824. The highest BCUT2D eigenvalue weighted by Crippen LogP contribution is 2.33. The van der Waals surface area contributed by atoms with Crippen molar-refractivity contribution in [3.05, 3.63) is 46.0 Å². The van der Waals surface area contributed by atoms with E-state index < -0.39 is 0 Å². The van der Waals surface area contributed by atoms with Crippen molar-refractivity contribution in [2.75, 3.05) is 0 Å². The van der Waals surface area contributed by atoms with Crippen LogP contribution in [0.1, 0.15) is 37.0 Å². The number of hydrogen-bond donors (Lipinski definition) is 1. The van der Waals surface area contributed by atoms with Gasteiger partial charge in [-0.25, -0.2) is 14.3 Å². The third kappa shape index (κ3) is 3.65. The Labute approximate surface area is 147 Å². The van der Waals surface area contributed by atoms with Crippen LogP contribution in [0.25, 0.3) is 11.4 Å². The Kier molecular flexibility index (Phi) is 5.03. The van der Waals surface area contributed by atoms with Crippen molar-refractivity contribution < 1.29 is 8.91 Å². The number of aromatic nitrogens is 5. The lowest BCUT2D eigenvalue weighted by Crippen LogP contribution is -2.17. The second-order valence-electron chi connectivity index (χ2n) is 5.64. The zero-order valence-electron chi connectivity index (χ0n) is 14.1. The maximum absolute atomic E-state index is 13.7. The highest BCUT2D eigenvalue weighted by atomic mass is 32.2. The van der Waals surface area contributed by atoms with Crippen LogP contribution >= 0.6 is 11.8 Å². The second kappa shape index (κ2) is 7.22. The number of nitrogens with one attached hydrogen (secondary N) is 1. The van der Waals surface area contributed by atoms with Crippen molar-refractivity contribution in [3.8, 4) is 11.4 Å². The molecule has 0 spiro atoms. The van der Waals surface area contributed by atoms with Crippen LogP contribution in [0.15, 0.2) is 32.7 Å². The van der Waals surface area contributed by atoms with Gasteiger partial charge in [-0.05, 0) is 31.9 Å². The quantitative estimate of drug-likeness (QED) is 0.676. The molecule has 0 saturated heterocycles. The third-order valence-corrected chi connectivity index (χ3v) is 4.75. The molecule has 0 aliphatic heterocycles. The third-order valence-electron chi connectivity index (χ3n) is 3.67. The van der Waals surface area contributed by atoms with Gasteiger partial charge in [0.2, 0.25) is 11.7 Å². The van der Waals surface area contributed by atoms with E-state index in [0.717, 1.165) is 6.42 Å². The predicted molar refractivity (Wildman–Crippen MR) is 91.8 cm³/mol. The Hall–Kier alpha value is -2.42. The summed E-state index contributed by atoms with van der Waals surface area (Å²) in [7, 11) is 0. The van der Waals surface area contributed by atoms with Gasteiger partial charge in [0, 0.05) is 12.1 Å². The predicted octanol–water partition coefficient (Wildman–Crippen LogP) is 3.33. The molecule has 0 aliphatic carbocycles. The van der Waals surface area contributed by atoms with Crippen molar-refractivity contribution >= 4 is 11.8 Å². The monoisotopic (exact) mass is 363 g/mol. The van der Waals surface area contributed by atoms with Crippen molar-refractivity contribution in [3.63, 3.8) is 0 Å². The van der Waals surface area contributed by atoms with Crippen LogP contribution in [0.4, 0.5) is 4.39 Å². The summed E-state index contributed by atoms with van der Waals surface area (Å²) < 4.78 is 20.6. The lowest BCUT2D eigenvalue weighted by Gasteiger charge is -2.06. The highest BCUT2D eigenvalue weighted by molar-refractivity contribution is 7.99. The van der Waals surface area contributed by atoms with Crippen LogP contribution < -0.4 is 5.69 Å². The number of nitrogens with zero attached hydrogens (tertiary/aromatic N) is 4. The van der Waals surface area contributed by atoms with E-state index in [-0.39, 0.29) is 16.8 Å². The lowest BCUT2D eigenvalue weighted by atomic mass is 10.1.